The fourth-order valence-corrected chi connectivity index (χ4v) is 3.07. The third-order valence-corrected chi connectivity index (χ3v) is 4.64. The lowest BCUT2D eigenvalue weighted by atomic mass is 10.2. The Bertz CT molecular complexity index is 1020. The summed E-state index contributed by atoms with van der Waals surface area (Å²) in [7, 11) is 1.49. The summed E-state index contributed by atoms with van der Waals surface area (Å²) in [4.78, 5) is 12.3. The second kappa shape index (κ2) is 8.61. The molecule has 0 unspecified atom stereocenters. The third kappa shape index (κ3) is 4.71. The molecule has 0 fully saturated rings. The van der Waals surface area contributed by atoms with Crippen molar-refractivity contribution in [1.82, 2.24) is 5.43 Å². The van der Waals surface area contributed by atoms with Gasteiger partial charge in [0.2, 0.25) is 0 Å². The van der Waals surface area contributed by atoms with Crippen molar-refractivity contribution in [3.63, 3.8) is 0 Å². The highest BCUT2D eigenvalue weighted by molar-refractivity contribution is 9.10. The van der Waals surface area contributed by atoms with Crippen molar-refractivity contribution < 1.29 is 13.9 Å². The maximum atomic E-state index is 12.3. The Hall–Kier alpha value is -2.28. The Kier molecular flexibility index (Phi) is 6.21. The van der Waals surface area contributed by atoms with E-state index in [9.17, 15) is 4.79 Å². The first-order valence-corrected chi connectivity index (χ1v) is 9.25. The number of rotatable bonds is 5. The van der Waals surface area contributed by atoms with E-state index in [1.807, 2.05) is 0 Å². The number of hydrogen-bond donors (Lipinski definition) is 1. The maximum Gasteiger partial charge on any atom is 0.275 e. The maximum absolute atomic E-state index is 12.3. The zero-order valence-corrected chi connectivity index (χ0v) is 17.1. The number of hydrogen-bond acceptors (Lipinski definition) is 4. The molecule has 138 valence electrons. The normalized spacial score (nSPS) is 11.0. The van der Waals surface area contributed by atoms with Gasteiger partial charge in [-0.25, -0.2) is 5.43 Å². The van der Waals surface area contributed by atoms with E-state index in [2.05, 4.69) is 26.5 Å². The molecule has 0 aliphatic carbocycles. The molecule has 3 aromatic rings. The molecule has 0 saturated heterocycles. The topological polar surface area (TPSA) is 63.8 Å². The minimum absolute atomic E-state index is 0.356. The molecule has 0 saturated carbocycles. The predicted molar refractivity (Wildman–Crippen MR) is 110 cm³/mol. The molecule has 0 atom stereocenters. The SMILES string of the molecule is COc1ccc(Br)cc1C(=O)N/N=C\c1ccc(-c2cc(Cl)ccc2Cl)o1. The molecule has 1 amide bonds. The van der Waals surface area contributed by atoms with Gasteiger partial charge in [-0.15, -0.1) is 0 Å². The van der Waals surface area contributed by atoms with Crippen molar-refractivity contribution in [3.8, 4) is 17.1 Å². The highest BCUT2D eigenvalue weighted by Crippen LogP contribution is 2.31. The molecule has 1 heterocycles. The summed E-state index contributed by atoms with van der Waals surface area (Å²) in [5, 5.41) is 4.99. The summed E-state index contributed by atoms with van der Waals surface area (Å²) < 4.78 is 11.6. The zero-order valence-electron chi connectivity index (χ0n) is 14.0. The van der Waals surface area contributed by atoms with Gasteiger partial charge in [0, 0.05) is 15.1 Å². The number of amides is 1. The minimum atomic E-state index is -0.408. The van der Waals surface area contributed by atoms with Crippen LogP contribution in [0.2, 0.25) is 10.0 Å². The Morgan fingerprint density at radius 1 is 1.19 bits per heavy atom. The van der Waals surface area contributed by atoms with E-state index in [1.165, 1.54) is 13.3 Å². The monoisotopic (exact) mass is 466 g/mol. The number of carbonyl (C=O) groups excluding carboxylic acids is 1. The van der Waals surface area contributed by atoms with Crippen LogP contribution in [0.3, 0.4) is 0 Å². The number of benzene rings is 2. The van der Waals surface area contributed by atoms with Crippen LogP contribution >= 0.6 is 39.1 Å². The van der Waals surface area contributed by atoms with Crippen LogP contribution in [-0.2, 0) is 0 Å². The van der Waals surface area contributed by atoms with Crippen LogP contribution in [0, 0.1) is 0 Å². The van der Waals surface area contributed by atoms with E-state index in [0.29, 0.717) is 38.4 Å². The summed E-state index contributed by atoms with van der Waals surface area (Å²) in [6, 6.07) is 13.7. The van der Waals surface area contributed by atoms with E-state index in [-0.39, 0.29) is 0 Å². The molecule has 2 aromatic carbocycles. The van der Waals surface area contributed by atoms with Crippen LogP contribution in [0.15, 0.2) is 62.5 Å². The highest BCUT2D eigenvalue weighted by Gasteiger charge is 2.12. The zero-order chi connectivity index (χ0) is 19.4. The number of halogens is 3. The van der Waals surface area contributed by atoms with Crippen molar-refractivity contribution in [2.45, 2.75) is 0 Å². The molecule has 27 heavy (non-hydrogen) atoms. The largest absolute Gasteiger partial charge is 0.496 e. The summed E-state index contributed by atoms with van der Waals surface area (Å²) >= 11 is 15.5. The first kappa shape index (κ1) is 19.5. The van der Waals surface area contributed by atoms with Crippen molar-refractivity contribution in [2.24, 2.45) is 5.10 Å². The van der Waals surface area contributed by atoms with Crippen LogP contribution in [0.5, 0.6) is 5.75 Å². The molecule has 8 heteroatoms. The summed E-state index contributed by atoms with van der Waals surface area (Å²) in [6.07, 6.45) is 1.39. The van der Waals surface area contributed by atoms with Crippen LogP contribution in [0.1, 0.15) is 16.1 Å². The van der Waals surface area contributed by atoms with Crippen LogP contribution in [0.4, 0.5) is 0 Å². The lowest BCUT2D eigenvalue weighted by molar-refractivity contribution is 0.0952. The highest BCUT2D eigenvalue weighted by atomic mass is 79.9. The van der Waals surface area contributed by atoms with E-state index in [4.69, 9.17) is 32.4 Å². The number of carbonyl (C=O) groups is 1. The number of furan rings is 1. The minimum Gasteiger partial charge on any atom is -0.496 e. The van der Waals surface area contributed by atoms with Crippen molar-refractivity contribution >= 4 is 51.3 Å². The number of hydrazone groups is 1. The van der Waals surface area contributed by atoms with Crippen molar-refractivity contribution in [1.29, 1.82) is 0 Å². The Labute approximate surface area is 174 Å². The van der Waals surface area contributed by atoms with Gasteiger partial charge in [-0.3, -0.25) is 4.79 Å². The van der Waals surface area contributed by atoms with Gasteiger partial charge in [0.15, 0.2) is 0 Å². The smallest absolute Gasteiger partial charge is 0.275 e. The van der Waals surface area contributed by atoms with Crippen LogP contribution in [-0.4, -0.2) is 19.2 Å². The number of nitrogens with zero attached hydrogens (tertiary/aromatic N) is 1. The van der Waals surface area contributed by atoms with Gasteiger partial charge in [0.1, 0.15) is 17.3 Å². The summed E-state index contributed by atoms with van der Waals surface area (Å²) in [5.74, 6) is 1.03. The Morgan fingerprint density at radius 3 is 2.78 bits per heavy atom. The third-order valence-electron chi connectivity index (χ3n) is 3.58. The molecule has 0 bridgehead atoms. The second-order valence-electron chi connectivity index (χ2n) is 5.37. The molecular weight excluding hydrogens is 455 g/mol. The van der Waals surface area contributed by atoms with E-state index in [1.54, 1.807) is 48.5 Å². The fourth-order valence-electron chi connectivity index (χ4n) is 2.33. The quantitative estimate of drug-likeness (QED) is 0.381. The van der Waals surface area contributed by atoms with Gasteiger partial charge < -0.3 is 9.15 Å². The molecular formula is C19H13BrCl2N2O3. The number of methoxy groups -OCH3 is 1. The van der Waals surface area contributed by atoms with Gasteiger partial charge in [-0.05, 0) is 48.5 Å². The van der Waals surface area contributed by atoms with E-state index < -0.39 is 5.91 Å². The molecule has 1 N–H and O–H groups in total. The lowest BCUT2D eigenvalue weighted by Gasteiger charge is -2.07. The Balaban J connectivity index is 1.73. The van der Waals surface area contributed by atoms with Gasteiger partial charge >= 0.3 is 0 Å². The molecule has 0 aliphatic rings. The molecule has 0 spiro atoms. The number of nitrogens with one attached hydrogen (secondary N) is 1. The molecule has 5 nitrogen and oxygen atoms in total. The van der Waals surface area contributed by atoms with E-state index >= 15 is 0 Å². The lowest BCUT2D eigenvalue weighted by Crippen LogP contribution is -2.18. The van der Waals surface area contributed by atoms with Crippen molar-refractivity contribution in [3.05, 3.63) is 74.4 Å². The molecule has 3 rings (SSSR count). The van der Waals surface area contributed by atoms with Gasteiger partial charge in [0.25, 0.3) is 5.91 Å². The summed E-state index contributed by atoms with van der Waals surface area (Å²) in [5.41, 5.74) is 3.47. The van der Waals surface area contributed by atoms with Crippen molar-refractivity contribution in [2.75, 3.05) is 7.11 Å². The van der Waals surface area contributed by atoms with Crippen LogP contribution < -0.4 is 10.2 Å². The molecule has 0 aliphatic heterocycles. The second-order valence-corrected chi connectivity index (χ2v) is 7.13. The van der Waals surface area contributed by atoms with Gasteiger partial charge in [0.05, 0.1) is 23.9 Å². The first-order valence-electron chi connectivity index (χ1n) is 7.70. The van der Waals surface area contributed by atoms with Gasteiger partial charge in [-0.1, -0.05) is 39.1 Å². The fraction of sp³-hybridized carbons (Fsp3) is 0.0526. The van der Waals surface area contributed by atoms with E-state index in [0.717, 1.165) is 4.47 Å². The average molecular weight is 468 g/mol. The standard InChI is InChI=1S/C19H13BrCl2N2O3/c1-26-17-6-2-11(20)8-15(17)19(25)24-23-10-13-4-7-18(27-13)14-9-12(21)3-5-16(14)22/h2-10H,1H3,(H,24,25)/b23-10-. The number of ether oxygens (including phenoxy) is 1. The van der Waals surface area contributed by atoms with Crippen LogP contribution in [0.25, 0.3) is 11.3 Å². The van der Waals surface area contributed by atoms with Gasteiger partial charge in [-0.2, -0.15) is 5.10 Å². The molecule has 0 radical (unpaired) electrons. The predicted octanol–water partition coefficient (Wildman–Crippen LogP) is 5.79. The summed E-state index contributed by atoms with van der Waals surface area (Å²) in [6.45, 7) is 0. The average Bonchev–Trinajstić information content (AvgIpc) is 3.12. The molecule has 1 aromatic heterocycles. The Morgan fingerprint density at radius 2 is 2.00 bits per heavy atom. The first-order chi connectivity index (χ1) is 13.0.